The van der Waals surface area contributed by atoms with Crippen molar-refractivity contribution in [3.63, 3.8) is 0 Å². The Morgan fingerprint density at radius 2 is 1.90 bits per heavy atom. The summed E-state index contributed by atoms with van der Waals surface area (Å²) in [5.41, 5.74) is 1.43. The molecule has 31 heavy (non-hydrogen) atoms. The number of aromatic nitrogens is 2. The maximum absolute atomic E-state index is 13.1. The van der Waals surface area contributed by atoms with Crippen molar-refractivity contribution in [2.45, 2.75) is 16.8 Å². The van der Waals surface area contributed by atoms with Gasteiger partial charge < -0.3 is 10.2 Å². The Balaban J connectivity index is 1.44. The summed E-state index contributed by atoms with van der Waals surface area (Å²) >= 11 is 8.75. The molecule has 162 valence electrons. The second-order valence-electron chi connectivity index (χ2n) is 6.92. The summed E-state index contributed by atoms with van der Waals surface area (Å²) in [7, 11) is -3.12. The maximum Gasteiger partial charge on any atom is 0.237 e. The first-order chi connectivity index (χ1) is 14.9. The van der Waals surface area contributed by atoms with Gasteiger partial charge in [-0.15, -0.1) is 10.2 Å². The smallest absolute Gasteiger partial charge is 0.237 e. The van der Waals surface area contributed by atoms with E-state index in [0.717, 1.165) is 5.69 Å². The molecule has 1 N–H and O–H groups in total. The summed E-state index contributed by atoms with van der Waals surface area (Å²) in [6, 6.07) is 16.2. The second kappa shape index (κ2) is 9.56. The quantitative estimate of drug-likeness (QED) is 0.491. The summed E-state index contributed by atoms with van der Waals surface area (Å²) in [5.74, 6) is 0.0680. The van der Waals surface area contributed by atoms with Crippen LogP contribution in [0.1, 0.15) is 6.42 Å². The zero-order valence-electron chi connectivity index (χ0n) is 16.3. The summed E-state index contributed by atoms with van der Waals surface area (Å²) < 4.78 is 24.6. The van der Waals surface area contributed by atoms with Gasteiger partial charge in [-0.1, -0.05) is 65.0 Å². The fourth-order valence-corrected chi connectivity index (χ4v) is 6.82. The average Bonchev–Trinajstić information content (AvgIpc) is 3.35. The largest absolute Gasteiger partial charge is 0.329 e. The first kappa shape index (κ1) is 22.1. The number of amides is 1. The molecule has 2 heterocycles. The van der Waals surface area contributed by atoms with Crippen LogP contribution in [0.2, 0.25) is 5.02 Å². The predicted octanol–water partition coefficient (Wildman–Crippen LogP) is 4.25. The SMILES string of the molecule is O=C(CSc1nnc(Nc2ccccc2Cl)s1)N(c1ccccc1)[C@@H]1CCS(=O)(=O)C1. The Hall–Kier alpha value is -2.14. The molecule has 0 bridgehead atoms. The number of anilines is 3. The highest BCUT2D eigenvalue weighted by Gasteiger charge is 2.35. The Kier molecular flexibility index (Phi) is 6.80. The van der Waals surface area contributed by atoms with Gasteiger partial charge in [0.15, 0.2) is 14.2 Å². The Morgan fingerprint density at radius 1 is 1.16 bits per heavy atom. The van der Waals surface area contributed by atoms with Crippen LogP contribution in [0.15, 0.2) is 58.9 Å². The van der Waals surface area contributed by atoms with Gasteiger partial charge in [-0.2, -0.15) is 0 Å². The molecule has 1 fully saturated rings. The number of halogens is 1. The van der Waals surface area contributed by atoms with Crippen molar-refractivity contribution in [2.75, 3.05) is 27.5 Å². The topological polar surface area (TPSA) is 92.3 Å². The standard InChI is InChI=1S/C20H19ClN4O3S3/c21-16-8-4-5-9-17(16)22-19-23-24-20(30-19)29-12-18(26)25(14-6-2-1-3-7-14)15-10-11-31(27,28)13-15/h1-9,15H,10-13H2,(H,22,23)/t15-/m1/s1. The van der Waals surface area contributed by atoms with E-state index in [9.17, 15) is 13.2 Å². The molecule has 0 spiro atoms. The number of carbonyl (C=O) groups is 1. The lowest BCUT2D eigenvalue weighted by atomic mass is 10.2. The number of thioether (sulfide) groups is 1. The molecule has 1 saturated heterocycles. The average molecular weight is 495 g/mol. The van der Waals surface area contributed by atoms with Gasteiger partial charge >= 0.3 is 0 Å². The van der Waals surface area contributed by atoms with Gasteiger partial charge in [0.1, 0.15) is 0 Å². The van der Waals surface area contributed by atoms with E-state index in [-0.39, 0.29) is 29.2 Å². The third-order valence-corrected chi connectivity index (χ3v) is 8.75. The van der Waals surface area contributed by atoms with Gasteiger partial charge in [-0.05, 0) is 30.7 Å². The van der Waals surface area contributed by atoms with Crippen LogP contribution >= 0.6 is 34.7 Å². The highest BCUT2D eigenvalue weighted by molar-refractivity contribution is 8.01. The fourth-order valence-electron chi connectivity index (χ4n) is 3.32. The number of para-hydroxylation sites is 2. The van der Waals surface area contributed by atoms with Crippen molar-refractivity contribution in [1.82, 2.24) is 10.2 Å². The molecule has 0 unspecified atom stereocenters. The zero-order valence-corrected chi connectivity index (χ0v) is 19.5. The molecule has 2 aromatic carbocycles. The van der Waals surface area contributed by atoms with Crippen LogP contribution in [-0.2, 0) is 14.6 Å². The lowest BCUT2D eigenvalue weighted by Gasteiger charge is -2.28. The Labute approximate surface area is 193 Å². The van der Waals surface area contributed by atoms with Crippen LogP contribution < -0.4 is 10.2 Å². The minimum absolute atomic E-state index is 0.0109. The van der Waals surface area contributed by atoms with Crippen molar-refractivity contribution < 1.29 is 13.2 Å². The van der Waals surface area contributed by atoms with Crippen LogP contribution in [-0.4, -0.2) is 47.8 Å². The van der Waals surface area contributed by atoms with Gasteiger partial charge in [0.05, 0.1) is 34.0 Å². The van der Waals surface area contributed by atoms with E-state index in [1.54, 1.807) is 11.0 Å². The zero-order chi connectivity index (χ0) is 21.8. The minimum atomic E-state index is -3.12. The van der Waals surface area contributed by atoms with Crippen LogP contribution in [0.5, 0.6) is 0 Å². The van der Waals surface area contributed by atoms with E-state index in [2.05, 4.69) is 15.5 Å². The first-order valence-electron chi connectivity index (χ1n) is 9.47. The minimum Gasteiger partial charge on any atom is -0.329 e. The summed E-state index contributed by atoms with van der Waals surface area (Å²) in [6.07, 6.45) is 0.443. The van der Waals surface area contributed by atoms with Crippen LogP contribution in [0, 0.1) is 0 Å². The number of hydrogen-bond acceptors (Lipinski definition) is 8. The molecule has 1 aromatic heterocycles. The van der Waals surface area contributed by atoms with Crippen molar-refractivity contribution in [3.8, 4) is 0 Å². The van der Waals surface area contributed by atoms with Gasteiger partial charge in [0.2, 0.25) is 11.0 Å². The highest BCUT2D eigenvalue weighted by atomic mass is 35.5. The second-order valence-corrected chi connectivity index (χ2v) is 11.8. The highest BCUT2D eigenvalue weighted by Crippen LogP contribution is 2.31. The van der Waals surface area contributed by atoms with Crippen molar-refractivity contribution in [1.29, 1.82) is 0 Å². The van der Waals surface area contributed by atoms with Crippen LogP contribution in [0.4, 0.5) is 16.5 Å². The monoisotopic (exact) mass is 494 g/mol. The first-order valence-corrected chi connectivity index (χ1v) is 13.5. The van der Waals surface area contributed by atoms with Crippen molar-refractivity contribution >= 4 is 67.0 Å². The summed E-state index contributed by atoms with van der Waals surface area (Å²) in [6.45, 7) is 0. The maximum atomic E-state index is 13.1. The molecule has 1 amide bonds. The molecule has 0 saturated carbocycles. The number of nitrogens with zero attached hydrogens (tertiary/aromatic N) is 3. The van der Waals surface area contributed by atoms with E-state index < -0.39 is 9.84 Å². The number of rotatable bonds is 7. The van der Waals surface area contributed by atoms with Gasteiger partial charge in [-0.25, -0.2) is 8.42 Å². The molecule has 11 heteroatoms. The fraction of sp³-hybridized carbons (Fsp3) is 0.250. The van der Waals surface area contributed by atoms with E-state index in [1.807, 2.05) is 48.5 Å². The van der Waals surface area contributed by atoms with Gasteiger partial charge in [0.25, 0.3) is 0 Å². The lowest BCUT2D eigenvalue weighted by Crippen LogP contribution is -2.42. The molecular formula is C20H19ClN4O3S3. The predicted molar refractivity (Wildman–Crippen MR) is 126 cm³/mol. The number of benzene rings is 2. The molecule has 3 aromatic rings. The molecule has 0 radical (unpaired) electrons. The van der Waals surface area contributed by atoms with Gasteiger partial charge in [-0.3, -0.25) is 4.79 Å². The number of sulfone groups is 1. The molecule has 7 nitrogen and oxygen atoms in total. The van der Waals surface area contributed by atoms with E-state index >= 15 is 0 Å². The molecule has 1 aliphatic heterocycles. The van der Waals surface area contributed by atoms with Crippen LogP contribution in [0.3, 0.4) is 0 Å². The summed E-state index contributed by atoms with van der Waals surface area (Å²) in [5, 5.41) is 12.5. The van der Waals surface area contributed by atoms with E-state index in [4.69, 9.17) is 11.6 Å². The Morgan fingerprint density at radius 3 is 2.61 bits per heavy atom. The van der Waals surface area contributed by atoms with Crippen molar-refractivity contribution in [3.05, 3.63) is 59.6 Å². The molecule has 0 aliphatic carbocycles. The van der Waals surface area contributed by atoms with E-state index in [1.165, 1.54) is 23.1 Å². The molecular weight excluding hydrogens is 476 g/mol. The summed E-state index contributed by atoms with van der Waals surface area (Å²) in [4.78, 5) is 14.7. The number of hydrogen-bond donors (Lipinski definition) is 1. The normalized spacial score (nSPS) is 17.4. The van der Waals surface area contributed by atoms with E-state index in [0.29, 0.717) is 26.6 Å². The lowest BCUT2D eigenvalue weighted by molar-refractivity contribution is -0.116. The molecule has 4 rings (SSSR count). The number of carbonyl (C=O) groups excluding carboxylic acids is 1. The third-order valence-electron chi connectivity index (χ3n) is 4.72. The van der Waals surface area contributed by atoms with Crippen LogP contribution in [0.25, 0.3) is 0 Å². The Bertz CT molecular complexity index is 1170. The van der Waals surface area contributed by atoms with Gasteiger partial charge in [0, 0.05) is 5.69 Å². The molecule has 1 atom stereocenters. The van der Waals surface area contributed by atoms with Crippen molar-refractivity contribution in [2.24, 2.45) is 0 Å². The third kappa shape index (κ3) is 5.57. The molecule has 1 aliphatic rings. The number of nitrogens with one attached hydrogen (secondary N) is 1.